The van der Waals surface area contributed by atoms with Gasteiger partial charge in [-0.2, -0.15) is 12.9 Å². The second kappa shape index (κ2) is 11.6. The standard InChI is InChI=1S/C6H18O24P6/c7-1-2(8)4(25-34(19,20)28-31(10,11)12)6(27-36(23,24)30-33(16,17)18)5(3(1)9)26-35(21,22)29-32(13,14)15/h1-9H,(H,19,20)(H,21,22)(H,23,24)(H2,10,11,12)(H2,13,14,15)(H2,16,17,18). The van der Waals surface area contributed by atoms with Gasteiger partial charge in [0.15, 0.2) is 0 Å². The lowest BCUT2D eigenvalue weighted by molar-refractivity contribution is -0.212. The van der Waals surface area contributed by atoms with Crippen molar-refractivity contribution in [2.45, 2.75) is 36.6 Å². The fourth-order valence-electron chi connectivity index (χ4n) is 2.45. The zero-order chi connectivity index (χ0) is 28.7. The summed E-state index contributed by atoms with van der Waals surface area (Å²) < 4.78 is 91.0. The molecule has 1 aliphatic rings. The predicted molar refractivity (Wildman–Crippen MR) is 102 cm³/mol. The Bertz CT molecular complexity index is 1000. The maximum Gasteiger partial charge on any atom is 0.481 e. The number of aliphatic hydroxyl groups is 3. The molecular formula is C6H18O24P6. The Morgan fingerprint density at radius 2 is 0.611 bits per heavy atom. The Morgan fingerprint density at radius 1 is 0.389 bits per heavy atom. The molecule has 12 N–H and O–H groups in total. The predicted octanol–water partition coefficient (Wildman–Crippen LogP) is -3.13. The van der Waals surface area contributed by atoms with Gasteiger partial charge in [-0.1, -0.05) is 0 Å². The summed E-state index contributed by atoms with van der Waals surface area (Å²) in [5, 5.41) is 30.0. The highest BCUT2D eigenvalue weighted by molar-refractivity contribution is 7.61. The fraction of sp³-hybridized carbons (Fsp3) is 1.00. The highest BCUT2D eigenvalue weighted by Crippen LogP contribution is 2.63. The number of aliphatic hydroxyl groups excluding tert-OH is 3. The first kappa shape index (κ1) is 34.7. The van der Waals surface area contributed by atoms with E-state index in [0.717, 1.165) is 0 Å². The smallest absolute Gasteiger partial charge is 0.387 e. The SMILES string of the molecule is O=P(O)(O)OP(=O)(O)OC1C(O)C(O)C(O)C(OP(=O)(O)OP(=O)(O)O)C1OP(=O)(O)OP(=O)(O)O. The minimum atomic E-state index is -6.20. The molecule has 0 aromatic heterocycles. The molecule has 30 heteroatoms. The van der Waals surface area contributed by atoms with Gasteiger partial charge in [0.2, 0.25) is 0 Å². The van der Waals surface area contributed by atoms with Gasteiger partial charge in [0.25, 0.3) is 0 Å². The Morgan fingerprint density at radius 3 is 0.833 bits per heavy atom. The number of phosphoric acid groups is 6. The molecule has 0 radical (unpaired) electrons. The van der Waals surface area contributed by atoms with Crippen LogP contribution in [-0.4, -0.2) is 96.0 Å². The van der Waals surface area contributed by atoms with E-state index in [-0.39, 0.29) is 0 Å². The maximum absolute atomic E-state index is 12.0. The van der Waals surface area contributed by atoms with Gasteiger partial charge in [-0.3, -0.25) is 13.6 Å². The lowest BCUT2D eigenvalue weighted by atomic mass is 9.85. The Balaban J connectivity index is 3.59. The molecule has 0 aromatic rings. The minimum absolute atomic E-state index is 2.74. The van der Waals surface area contributed by atoms with Crippen LogP contribution in [0.25, 0.3) is 0 Å². The minimum Gasteiger partial charge on any atom is -0.387 e. The zero-order valence-corrected chi connectivity index (χ0v) is 21.8. The van der Waals surface area contributed by atoms with Crippen LogP contribution in [-0.2, 0) is 53.9 Å². The third-order valence-electron chi connectivity index (χ3n) is 3.41. The molecule has 0 aliphatic heterocycles. The molecule has 1 aliphatic carbocycles. The van der Waals surface area contributed by atoms with Crippen molar-refractivity contribution < 1.29 is 113 Å². The van der Waals surface area contributed by atoms with Gasteiger partial charge in [0.05, 0.1) is 0 Å². The van der Waals surface area contributed by atoms with E-state index in [1.54, 1.807) is 0 Å². The normalized spacial score (nSPS) is 33.3. The average molecular weight is 660 g/mol. The largest absolute Gasteiger partial charge is 0.481 e. The van der Waals surface area contributed by atoms with Crippen molar-refractivity contribution in [2.24, 2.45) is 0 Å². The van der Waals surface area contributed by atoms with E-state index in [1.807, 2.05) is 0 Å². The molecule has 0 amide bonds. The molecule has 1 fully saturated rings. The first-order valence-corrected chi connectivity index (χ1v) is 17.1. The topological polar surface area (TPSA) is 401 Å². The second-order valence-electron chi connectivity index (χ2n) is 6.30. The van der Waals surface area contributed by atoms with Crippen molar-refractivity contribution in [3.05, 3.63) is 0 Å². The summed E-state index contributed by atoms with van der Waals surface area (Å²) in [4.78, 5) is 80.5. The van der Waals surface area contributed by atoms with Gasteiger partial charge in [-0.25, -0.2) is 27.4 Å². The summed E-state index contributed by atoms with van der Waals surface area (Å²) in [6.45, 7) is 0. The van der Waals surface area contributed by atoms with Crippen LogP contribution >= 0.6 is 46.9 Å². The van der Waals surface area contributed by atoms with Crippen molar-refractivity contribution in [3.63, 3.8) is 0 Å². The monoisotopic (exact) mass is 660 g/mol. The van der Waals surface area contributed by atoms with Gasteiger partial charge in [0, 0.05) is 0 Å². The van der Waals surface area contributed by atoms with Crippen LogP contribution in [0.1, 0.15) is 0 Å². The van der Waals surface area contributed by atoms with Crippen LogP contribution in [0.15, 0.2) is 0 Å². The van der Waals surface area contributed by atoms with Crippen LogP contribution < -0.4 is 0 Å². The van der Waals surface area contributed by atoms with Crippen molar-refractivity contribution in [1.29, 1.82) is 0 Å². The van der Waals surface area contributed by atoms with Crippen LogP contribution in [0.2, 0.25) is 0 Å². The van der Waals surface area contributed by atoms with E-state index in [2.05, 4.69) is 26.5 Å². The van der Waals surface area contributed by atoms with Gasteiger partial charge < -0.3 is 59.4 Å². The molecule has 1 saturated carbocycles. The summed E-state index contributed by atoms with van der Waals surface area (Å²) in [5.74, 6) is 0. The molecule has 0 heterocycles. The van der Waals surface area contributed by atoms with E-state index < -0.39 is 83.6 Å². The van der Waals surface area contributed by atoms with Gasteiger partial charge in [-0.05, 0) is 0 Å². The average Bonchev–Trinajstić information content (AvgIpc) is 2.53. The highest BCUT2D eigenvalue weighted by Gasteiger charge is 2.58. The van der Waals surface area contributed by atoms with E-state index in [1.165, 1.54) is 0 Å². The number of hydrogen-bond acceptors (Lipinski definition) is 15. The van der Waals surface area contributed by atoms with E-state index in [9.17, 15) is 57.4 Å². The Hall–Kier alpha value is 0.660. The lowest BCUT2D eigenvalue weighted by Crippen LogP contribution is -2.65. The molecule has 0 aromatic carbocycles. The van der Waals surface area contributed by atoms with Gasteiger partial charge in [-0.15, -0.1) is 0 Å². The van der Waals surface area contributed by atoms with Gasteiger partial charge in [0.1, 0.15) is 36.6 Å². The van der Waals surface area contributed by atoms with Gasteiger partial charge >= 0.3 is 46.9 Å². The quantitative estimate of drug-likeness (QED) is 0.0920. The molecule has 0 spiro atoms. The van der Waals surface area contributed by atoms with Crippen molar-refractivity contribution >= 4 is 46.9 Å². The number of rotatable bonds is 12. The highest BCUT2D eigenvalue weighted by atomic mass is 31.3. The molecule has 0 bridgehead atoms. The summed E-state index contributed by atoms with van der Waals surface area (Å²) in [7, 11) is -36.2. The second-order valence-corrected chi connectivity index (χ2v) is 14.7. The molecule has 7 atom stereocenters. The first-order valence-electron chi connectivity index (χ1n) is 8.02. The molecule has 216 valence electrons. The lowest BCUT2D eigenvalue weighted by Gasteiger charge is -2.45. The Labute approximate surface area is 197 Å². The molecule has 0 saturated heterocycles. The summed E-state index contributed by atoms with van der Waals surface area (Å²) in [6, 6.07) is 0. The molecule has 7 unspecified atom stereocenters. The van der Waals surface area contributed by atoms with Crippen LogP contribution in [0, 0.1) is 0 Å². The van der Waals surface area contributed by atoms with Crippen molar-refractivity contribution in [2.75, 3.05) is 0 Å². The van der Waals surface area contributed by atoms with E-state index in [0.29, 0.717) is 0 Å². The molecule has 36 heavy (non-hydrogen) atoms. The Kier molecular flexibility index (Phi) is 11.2. The summed E-state index contributed by atoms with van der Waals surface area (Å²) in [5.41, 5.74) is 0. The third-order valence-corrected chi connectivity index (χ3v) is 9.97. The maximum atomic E-state index is 12.0. The van der Waals surface area contributed by atoms with Crippen LogP contribution in [0.5, 0.6) is 0 Å². The first-order chi connectivity index (χ1) is 15.6. The zero-order valence-electron chi connectivity index (χ0n) is 16.4. The molecule has 24 nitrogen and oxygen atoms in total. The van der Waals surface area contributed by atoms with Crippen LogP contribution in [0.4, 0.5) is 0 Å². The summed E-state index contributed by atoms with van der Waals surface area (Å²) >= 11 is 0. The number of phosphoric ester groups is 3. The third kappa shape index (κ3) is 11.8. The van der Waals surface area contributed by atoms with Crippen molar-refractivity contribution in [1.82, 2.24) is 0 Å². The van der Waals surface area contributed by atoms with Crippen LogP contribution in [0.3, 0.4) is 0 Å². The summed E-state index contributed by atoms with van der Waals surface area (Å²) in [6.07, 6.45) is -17.5. The fourth-order valence-corrected chi connectivity index (χ4v) is 7.79. The number of hydrogen-bond donors (Lipinski definition) is 12. The molecular weight excluding hydrogens is 642 g/mol. The van der Waals surface area contributed by atoms with E-state index in [4.69, 9.17) is 29.4 Å². The van der Waals surface area contributed by atoms with E-state index >= 15 is 0 Å². The van der Waals surface area contributed by atoms with Crippen molar-refractivity contribution in [3.8, 4) is 0 Å². The molecule has 1 rings (SSSR count).